The summed E-state index contributed by atoms with van der Waals surface area (Å²) in [4.78, 5) is 19.3. The molecule has 0 fully saturated rings. The van der Waals surface area contributed by atoms with Crippen molar-refractivity contribution in [2.75, 3.05) is 0 Å². The third-order valence-electron chi connectivity index (χ3n) is 2.47. The van der Waals surface area contributed by atoms with E-state index < -0.39 is 5.97 Å². The van der Waals surface area contributed by atoms with Crippen LogP contribution in [0.15, 0.2) is 35.4 Å². The molecule has 0 aliphatic rings. The predicted octanol–water partition coefficient (Wildman–Crippen LogP) is 3.08. The van der Waals surface area contributed by atoms with Crippen LogP contribution < -0.4 is 0 Å². The van der Waals surface area contributed by atoms with Crippen LogP contribution in [0.25, 0.3) is 0 Å². The van der Waals surface area contributed by atoms with Gasteiger partial charge in [0.1, 0.15) is 5.69 Å². The molecule has 0 radical (unpaired) electrons. The zero-order valence-corrected chi connectivity index (χ0v) is 11.6. The molecule has 0 aliphatic carbocycles. The average molecular weight is 274 g/mol. The Bertz CT molecular complexity index is 594. The van der Waals surface area contributed by atoms with Crippen molar-refractivity contribution < 1.29 is 9.90 Å². The van der Waals surface area contributed by atoms with Crippen LogP contribution in [0.5, 0.6) is 0 Å². The van der Waals surface area contributed by atoms with Gasteiger partial charge in [-0.2, -0.15) is 0 Å². The van der Waals surface area contributed by atoms with E-state index in [1.54, 1.807) is 17.8 Å². The summed E-state index contributed by atoms with van der Waals surface area (Å²) in [7, 11) is 0. The van der Waals surface area contributed by atoms with Crippen LogP contribution in [-0.2, 0) is 5.75 Å². The third kappa shape index (κ3) is 3.79. The Morgan fingerprint density at radius 2 is 2.05 bits per heavy atom. The molecule has 5 heteroatoms. The molecule has 2 rings (SSSR count). The van der Waals surface area contributed by atoms with Crippen molar-refractivity contribution in [3.8, 4) is 0 Å². The van der Waals surface area contributed by atoms with E-state index in [0.29, 0.717) is 5.75 Å². The minimum absolute atomic E-state index is 0.0754. The van der Waals surface area contributed by atoms with Crippen LogP contribution in [0, 0.1) is 13.8 Å². The molecule has 0 spiro atoms. The lowest BCUT2D eigenvalue weighted by Crippen LogP contribution is -2.01. The SMILES string of the molecule is Cc1cc(C)nc(SCc2cccc(C(=O)O)n2)c1. The number of rotatable bonds is 4. The van der Waals surface area contributed by atoms with E-state index in [-0.39, 0.29) is 5.69 Å². The molecule has 2 aromatic heterocycles. The molecule has 0 saturated heterocycles. The topological polar surface area (TPSA) is 63.1 Å². The Hall–Kier alpha value is -1.88. The number of carbonyl (C=O) groups is 1. The second-order valence-electron chi connectivity index (χ2n) is 4.23. The molecule has 4 nitrogen and oxygen atoms in total. The number of nitrogens with zero attached hydrogens (tertiary/aromatic N) is 2. The van der Waals surface area contributed by atoms with Crippen molar-refractivity contribution in [2.45, 2.75) is 24.6 Å². The van der Waals surface area contributed by atoms with Gasteiger partial charge in [-0.3, -0.25) is 0 Å². The number of carboxylic acids is 1. The molecule has 0 bridgehead atoms. The zero-order chi connectivity index (χ0) is 13.8. The number of aryl methyl sites for hydroxylation is 2. The van der Waals surface area contributed by atoms with E-state index in [2.05, 4.69) is 9.97 Å². The van der Waals surface area contributed by atoms with E-state index in [1.807, 2.05) is 32.0 Å². The summed E-state index contributed by atoms with van der Waals surface area (Å²) in [6.07, 6.45) is 0. The van der Waals surface area contributed by atoms with Crippen molar-refractivity contribution >= 4 is 17.7 Å². The van der Waals surface area contributed by atoms with Crippen molar-refractivity contribution in [2.24, 2.45) is 0 Å². The highest BCUT2D eigenvalue weighted by atomic mass is 32.2. The predicted molar refractivity (Wildman–Crippen MR) is 74.5 cm³/mol. The van der Waals surface area contributed by atoms with Gasteiger partial charge < -0.3 is 5.11 Å². The molecule has 0 atom stereocenters. The summed E-state index contributed by atoms with van der Waals surface area (Å²) in [6, 6.07) is 9.06. The molecule has 2 aromatic rings. The molecule has 0 amide bonds. The van der Waals surface area contributed by atoms with Crippen LogP contribution in [-0.4, -0.2) is 21.0 Å². The Morgan fingerprint density at radius 1 is 1.26 bits per heavy atom. The molecule has 1 N–H and O–H groups in total. The Balaban J connectivity index is 2.10. The first-order valence-electron chi connectivity index (χ1n) is 5.82. The summed E-state index contributed by atoms with van der Waals surface area (Å²) in [5, 5.41) is 9.82. The lowest BCUT2D eigenvalue weighted by Gasteiger charge is -2.04. The van der Waals surface area contributed by atoms with Crippen LogP contribution in [0.1, 0.15) is 27.4 Å². The van der Waals surface area contributed by atoms with Gasteiger partial charge in [0.2, 0.25) is 0 Å². The summed E-state index contributed by atoms with van der Waals surface area (Å²) < 4.78 is 0. The van der Waals surface area contributed by atoms with Gasteiger partial charge in [-0.05, 0) is 43.7 Å². The number of thioether (sulfide) groups is 1. The molecule has 2 heterocycles. The summed E-state index contributed by atoms with van der Waals surface area (Å²) >= 11 is 1.56. The van der Waals surface area contributed by atoms with E-state index >= 15 is 0 Å². The minimum atomic E-state index is -1.00. The van der Waals surface area contributed by atoms with Crippen molar-refractivity contribution in [3.05, 3.63) is 53.0 Å². The second kappa shape index (κ2) is 5.84. The van der Waals surface area contributed by atoms with Gasteiger partial charge in [0, 0.05) is 11.4 Å². The van der Waals surface area contributed by atoms with Crippen molar-refractivity contribution in [1.82, 2.24) is 9.97 Å². The smallest absolute Gasteiger partial charge is 0.354 e. The normalized spacial score (nSPS) is 10.4. The Kier molecular flexibility index (Phi) is 4.16. The first-order chi connectivity index (χ1) is 9.04. The summed E-state index contributed by atoms with van der Waals surface area (Å²) in [5.41, 5.74) is 2.97. The van der Waals surface area contributed by atoms with Crippen LogP contribution in [0.4, 0.5) is 0 Å². The van der Waals surface area contributed by atoms with Gasteiger partial charge in [-0.1, -0.05) is 6.07 Å². The monoisotopic (exact) mass is 274 g/mol. The molecule has 0 unspecified atom stereocenters. The van der Waals surface area contributed by atoms with Crippen LogP contribution >= 0.6 is 11.8 Å². The van der Waals surface area contributed by atoms with E-state index in [1.165, 1.54) is 11.6 Å². The fraction of sp³-hybridized carbons (Fsp3) is 0.214. The first kappa shape index (κ1) is 13.5. The van der Waals surface area contributed by atoms with E-state index in [0.717, 1.165) is 16.4 Å². The average Bonchev–Trinajstić information content (AvgIpc) is 2.35. The van der Waals surface area contributed by atoms with E-state index in [4.69, 9.17) is 5.11 Å². The fourth-order valence-corrected chi connectivity index (χ4v) is 2.64. The lowest BCUT2D eigenvalue weighted by atomic mass is 10.3. The second-order valence-corrected chi connectivity index (χ2v) is 5.23. The van der Waals surface area contributed by atoms with Gasteiger partial charge >= 0.3 is 5.97 Å². The highest BCUT2D eigenvalue weighted by Crippen LogP contribution is 2.21. The molecular formula is C14H14N2O2S. The van der Waals surface area contributed by atoms with Gasteiger partial charge in [-0.25, -0.2) is 14.8 Å². The molecule has 0 aliphatic heterocycles. The van der Waals surface area contributed by atoms with Crippen LogP contribution in [0.3, 0.4) is 0 Å². The highest BCUT2D eigenvalue weighted by Gasteiger charge is 2.06. The van der Waals surface area contributed by atoms with Crippen molar-refractivity contribution in [1.29, 1.82) is 0 Å². The van der Waals surface area contributed by atoms with Gasteiger partial charge in [0.25, 0.3) is 0 Å². The van der Waals surface area contributed by atoms with Gasteiger partial charge in [-0.15, -0.1) is 11.8 Å². The summed E-state index contributed by atoms with van der Waals surface area (Å²) in [6.45, 7) is 3.99. The molecular weight excluding hydrogens is 260 g/mol. The number of carboxylic acid groups (broad SMARTS) is 1. The molecule has 19 heavy (non-hydrogen) atoms. The van der Waals surface area contributed by atoms with Crippen molar-refractivity contribution in [3.63, 3.8) is 0 Å². The zero-order valence-electron chi connectivity index (χ0n) is 10.8. The standard InChI is InChI=1S/C14H14N2O2S/c1-9-6-10(2)15-13(7-9)19-8-11-4-3-5-12(16-11)14(17)18/h3-7H,8H2,1-2H3,(H,17,18). The minimum Gasteiger partial charge on any atom is -0.477 e. The van der Waals surface area contributed by atoms with Gasteiger partial charge in [0.05, 0.1) is 10.7 Å². The van der Waals surface area contributed by atoms with E-state index in [9.17, 15) is 4.79 Å². The maximum Gasteiger partial charge on any atom is 0.354 e. The largest absolute Gasteiger partial charge is 0.477 e. The third-order valence-corrected chi connectivity index (χ3v) is 3.41. The maximum absolute atomic E-state index is 10.8. The number of hydrogen-bond donors (Lipinski definition) is 1. The fourth-order valence-electron chi connectivity index (χ4n) is 1.71. The first-order valence-corrected chi connectivity index (χ1v) is 6.80. The molecule has 0 saturated carbocycles. The lowest BCUT2D eigenvalue weighted by molar-refractivity contribution is 0.0690. The molecule has 98 valence electrons. The number of hydrogen-bond acceptors (Lipinski definition) is 4. The maximum atomic E-state index is 10.8. The quantitative estimate of drug-likeness (QED) is 0.868. The summed E-state index contributed by atoms with van der Waals surface area (Å²) in [5.74, 6) is -0.395. The number of pyridine rings is 2. The van der Waals surface area contributed by atoms with Crippen LogP contribution in [0.2, 0.25) is 0 Å². The number of aromatic carboxylic acids is 1. The highest BCUT2D eigenvalue weighted by molar-refractivity contribution is 7.98. The van der Waals surface area contributed by atoms with Gasteiger partial charge in [0.15, 0.2) is 0 Å². The Morgan fingerprint density at radius 3 is 2.74 bits per heavy atom. The molecule has 0 aromatic carbocycles. The number of aromatic nitrogens is 2. The Labute approximate surface area is 115 Å².